The van der Waals surface area contributed by atoms with Gasteiger partial charge in [-0.2, -0.15) is 4.91 Å². The molecule has 204 valence electrons. The maximum Gasteiger partial charge on any atom is 0.0839 e. The smallest absolute Gasteiger partial charge is 0.0839 e. The number of rotatable bonds is 30. The van der Waals surface area contributed by atoms with Gasteiger partial charge < -0.3 is 0 Å². The van der Waals surface area contributed by atoms with Gasteiger partial charge in [-0.05, 0) is 18.8 Å². The van der Waals surface area contributed by atoms with Gasteiger partial charge in [0, 0.05) is 0 Å². The third kappa shape index (κ3) is 27.8. The highest BCUT2D eigenvalue weighted by Gasteiger charge is 2.08. The molecule has 0 spiro atoms. The van der Waals surface area contributed by atoms with Crippen molar-refractivity contribution in [3.63, 3.8) is 0 Å². The SMILES string of the molecule is CCCCCCCCCCCCCCCCC(CCCCCCCCCCCCCC)CN=O. The second-order valence-electron chi connectivity index (χ2n) is 11.2. The van der Waals surface area contributed by atoms with Gasteiger partial charge >= 0.3 is 0 Å². The minimum Gasteiger partial charge on any atom is -0.151 e. The lowest BCUT2D eigenvalue weighted by molar-refractivity contribution is 0.409. The van der Waals surface area contributed by atoms with Gasteiger partial charge in [-0.15, -0.1) is 0 Å². The van der Waals surface area contributed by atoms with Gasteiger partial charge in [-0.3, -0.25) is 0 Å². The number of hydrogen-bond acceptors (Lipinski definition) is 2. The van der Waals surface area contributed by atoms with Gasteiger partial charge in [-0.1, -0.05) is 186 Å². The number of nitrogens with zero attached hydrogens (tertiary/aromatic N) is 1. The molecule has 0 radical (unpaired) electrons. The Morgan fingerprint density at radius 3 is 0.853 bits per heavy atom. The Labute approximate surface area is 216 Å². The molecule has 0 aliphatic carbocycles. The van der Waals surface area contributed by atoms with E-state index >= 15 is 0 Å². The molecule has 0 bridgehead atoms. The fourth-order valence-corrected chi connectivity index (χ4v) is 5.33. The highest BCUT2D eigenvalue weighted by atomic mass is 16.3. The summed E-state index contributed by atoms with van der Waals surface area (Å²) in [7, 11) is 0. The molecule has 0 fully saturated rings. The third-order valence-electron chi connectivity index (χ3n) is 7.76. The zero-order chi connectivity index (χ0) is 24.8. The fraction of sp³-hybridized carbons (Fsp3) is 1.00. The van der Waals surface area contributed by atoms with E-state index in [1.807, 2.05) is 0 Å². The van der Waals surface area contributed by atoms with Crippen molar-refractivity contribution in [3.05, 3.63) is 4.91 Å². The molecule has 0 aromatic carbocycles. The lowest BCUT2D eigenvalue weighted by Crippen LogP contribution is -2.04. The first-order valence-corrected chi connectivity index (χ1v) is 16.1. The van der Waals surface area contributed by atoms with Crippen molar-refractivity contribution in [1.29, 1.82) is 0 Å². The summed E-state index contributed by atoms with van der Waals surface area (Å²) >= 11 is 0. The van der Waals surface area contributed by atoms with Crippen molar-refractivity contribution >= 4 is 0 Å². The second kappa shape index (κ2) is 30.6. The van der Waals surface area contributed by atoms with E-state index in [0.717, 1.165) is 0 Å². The van der Waals surface area contributed by atoms with E-state index in [-0.39, 0.29) is 0 Å². The molecule has 0 aromatic heterocycles. The van der Waals surface area contributed by atoms with Gasteiger partial charge in [-0.25, -0.2) is 0 Å². The summed E-state index contributed by atoms with van der Waals surface area (Å²) in [6.45, 7) is 5.13. The first-order valence-electron chi connectivity index (χ1n) is 16.1. The van der Waals surface area contributed by atoms with Crippen molar-refractivity contribution in [1.82, 2.24) is 0 Å². The third-order valence-corrected chi connectivity index (χ3v) is 7.76. The first-order chi connectivity index (χ1) is 16.8. The maximum absolute atomic E-state index is 10.8. The van der Waals surface area contributed by atoms with Gasteiger partial charge in [0.15, 0.2) is 0 Å². The lowest BCUT2D eigenvalue weighted by atomic mass is 9.94. The Bertz CT molecular complexity index is 370. The molecule has 2 nitrogen and oxygen atoms in total. The monoisotopic (exact) mass is 480 g/mol. The average molecular weight is 480 g/mol. The van der Waals surface area contributed by atoms with E-state index in [0.29, 0.717) is 12.5 Å². The number of hydrogen-bond donors (Lipinski definition) is 0. The van der Waals surface area contributed by atoms with Crippen LogP contribution < -0.4 is 0 Å². The van der Waals surface area contributed by atoms with Gasteiger partial charge in [0.25, 0.3) is 0 Å². The molecule has 0 aliphatic rings. The van der Waals surface area contributed by atoms with Crippen LogP contribution in [0.4, 0.5) is 0 Å². The van der Waals surface area contributed by atoms with Crippen LogP contribution >= 0.6 is 0 Å². The summed E-state index contributed by atoms with van der Waals surface area (Å²) < 4.78 is 0. The molecular formula is C32H65NO. The van der Waals surface area contributed by atoms with Gasteiger partial charge in [0.1, 0.15) is 0 Å². The largest absolute Gasteiger partial charge is 0.151 e. The molecule has 34 heavy (non-hydrogen) atoms. The highest BCUT2D eigenvalue weighted by molar-refractivity contribution is 4.63. The molecule has 1 unspecified atom stereocenters. The molecular weight excluding hydrogens is 414 g/mol. The molecule has 0 heterocycles. The van der Waals surface area contributed by atoms with Crippen LogP contribution in [-0.2, 0) is 0 Å². The summed E-state index contributed by atoms with van der Waals surface area (Å²) in [6.07, 6.45) is 39.1. The topological polar surface area (TPSA) is 29.4 Å². The molecule has 1 atom stereocenters. The standard InChI is InChI=1S/C32H65NO/c1-3-5-7-9-11-13-15-17-18-20-22-24-26-28-30-32(31-33-34)29-27-25-23-21-19-16-14-12-10-8-6-4-2/h32H,3-31H2,1-2H3. The fourth-order valence-electron chi connectivity index (χ4n) is 5.33. The van der Waals surface area contributed by atoms with Crippen LogP contribution in [0.25, 0.3) is 0 Å². The highest BCUT2D eigenvalue weighted by Crippen LogP contribution is 2.20. The van der Waals surface area contributed by atoms with Crippen LogP contribution in [-0.4, -0.2) is 6.54 Å². The van der Waals surface area contributed by atoms with E-state index in [2.05, 4.69) is 19.0 Å². The van der Waals surface area contributed by atoms with Crippen molar-refractivity contribution < 1.29 is 0 Å². The summed E-state index contributed by atoms with van der Waals surface area (Å²) in [4.78, 5) is 10.8. The molecule has 0 saturated carbocycles. The van der Waals surface area contributed by atoms with E-state index in [1.54, 1.807) is 0 Å². The second-order valence-corrected chi connectivity index (χ2v) is 11.2. The van der Waals surface area contributed by atoms with E-state index in [4.69, 9.17) is 0 Å². The molecule has 0 aliphatic heterocycles. The van der Waals surface area contributed by atoms with Crippen LogP contribution in [0.1, 0.15) is 194 Å². The predicted octanol–water partition coefficient (Wildman–Crippen LogP) is 12.3. The summed E-state index contributed by atoms with van der Waals surface area (Å²) in [5, 5.41) is 3.25. The molecule has 0 amide bonds. The zero-order valence-corrected chi connectivity index (χ0v) is 23.9. The Hall–Kier alpha value is -0.400. The van der Waals surface area contributed by atoms with Gasteiger partial charge in [0.2, 0.25) is 0 Å². The van der Waals surface area contributed by atoms with E-state index in [1.165, 1.54) is 180 Å². The van der Waals surface area contributed by atoms with Gasteiger partial charge in [0.05, 0.1) is 6.54 Å². The molecule has 0 aromatic rings. The zero-order valence-electron chi connectivity index (χ0n) is 23.9. The molecule has 0 rings (SSSR count). The van der Waals surface area contributed by atoms with E-state index in [9.17, 15) is 4.91 Å². The minimum absolute atomic E-state index is 0.552. The summed E-state index contributed by atoms with van der Waals surface area (Å²) in [5.74, 6) is 0.554. The minimum atomic E-state index is 0.552. The summed E-state index contributed by atoms with van der Waals surface area (Å²) in [5.41, 5.74) is 0. The van der Waals surface area contributed by atoms with Crippen LogP contribution in [0, 0.1) is 10.8 Å². The quantitative estimate of drug-likeness (QED) is 0.0743. The first kappa shape index (κ1) is 33.6. The van der Waals surface area contributed by atoms with Crippen molar-refractivity contribution in [2.75, 3.05) is 6.54 Å². The number of unbranched alkanes of at least 4 members (excludes halogenated alkanes) is 24. The Balaban J connectivity index is 3.38. The average Bonchev–Trinajstić information content (AvgIpc) is 2.84. The molecule has 2 heteroatoms. The maximum atomic E-state index is 10.8. The Morgan fingerprint density at radius 1 is 0.382 bits per heavy atom. The van der Waals surface area contributed by atoms with Crippen LogP contribution in [0.15, 0.2) is 5.18 Å². The molecule has 0 N–H and O–H groups in total. The van der Waals surface area contributed by atoms with Crippen LogP contribution in [0.2, 0.25) is 0 Å². The normalized spacial score (nSPS) is 12.3. The predicted molar refractivity (Wildman–Crippen MR) is 155 cm³/mol. The Morgan fingerprint density at radius 2 is 0.618 bits per heavy atom. The van der Waals surface area contributed by atoms with Crippen molar-refractivity contribution in [2.24, 2.45) is 11.1 Å². The summed E-state index contributed by atoms with van der Waals surface area (Å²) in [6, 6.07) is 0. The molecule has 0 saturated heterocycles. The lowest BCUT2D eigenvalue weighted by Gasteiger charge is -2.13. The van der Waals surface area contributed by atoms with Crippen LogP contribution in [0.5, 0.6) is 0 Å². The van der Waals surface area contributed by atoms with E-state index < -0.39 is 0 Å². The van der Waals surface area contributed by atoms with Crippen molar-refractivity contribution in [2.45, 2.75) is 194 Å². The van der Waals surface area contributed by atoms with Crippen LogP contribution in [0.3, 0.4) is 0 Å². The Kier molecular flexibility index (Phi) is 30.3. The van der Waals surface area contributed by atoms with Crippen molar-refractivity contribution in [3.8, 4) is 0 Å². The number of nitroso groups, excluding NO2 is 1.